The van der Waals surface area contributed by atoms with E-state index in [2.05, 4.69) is 9.62 Å². The standard InChI is InChI=1S/C19H23N3O5S2/c1-21(2)29(25,26)14-9-10-18-17(13-14)27-16-8-6-7-15(19(16)20-28(18,23)24)22-11-4-3-5-12-22/h6-10,13,20H,3-5,11-12H2,1-2H3. The molecule has 1 fully saturated rings. The summed E-state index contributed by atoms with van der Waals surface area (Å²) in [6.07, 6.45) is 3.24. The molecule has 2 aliphatic heterocycles. The second-order valence-electron chi connectivity index (χ2n) is 7.30. The minimum atomic E-state index is -3.95. The van der Waals surface area contributed by atoms with Crippen LogP contribution in [0.25, 0.3) is 0 Å². The van der Waals surface area contributed by atoms with E-state index in [0.717, 1.165) is 42.3 Å². The van der Waals surface area contributed by atoms with E-state index in [-0.39, 0.29) is 15.5 Å². The summed E-state index contributed by atoms with van der Waals surface area (Å²) >= 11 is 0. The molecule has 0 unspecified atom stereocenters. The van der Waals surface area contributed by atoms with Crippen molar-refractivity contribution in [2.45, 2.75) is 29.1 Å². The largest absolute Gasteiger partial charge is 0.454 e. The predicted octanol–water partition coefficient (Wildman–Crippen LogP) is 2.83. The molecule has 0 atom stereocenters. The fraction of sp³-hybridized carbons (Fsp3) is 0.368. The maximum atomic E-state index is 13.0. The van der Waals surface area contributed by atoms with Gasteiger partial charge in [0.05, 0.1) is 10.6 Å². The summed E-state index contributed by atoms with van der Waals surface area (Å²) in [6.45, 7) is 1.69. The van der Waals surface area contributed by atoms with Crippen LogP contribution >= 0.6 is 0 Å². The van der Waals surface area contributed by atoms with Gasteiger partial charge in [0, 0.05) is 33.3 Å². The Hall–Kier alpha value is -2.30. The number of fused-ring (bicyclic) bond motifs is 2. The van der Waals surface area contributed by atoms with Gasteiger partial charge in [0.1, 0.15) is 16.3 Å². The van der Waals surface area contributed by atoms with Crippen LogP contribution in [-0.2, 0) is 20.0 Å². The van der Waals surface area contributed by atoms with Gasteiger partial charge < -0.3 is 9.64 Å². The highest BCUT2D eigenvalue weighted by molar-refractivity contribution is 7.93. The number of para-hydroxylation sites is 1. The summed E-state index contributed by atoms with van der Waals surface area (Å²) in [7, 11) is -4.84. The Morgan fingerprint density at radius 3 is 2.45 bits per heavy atom. The lowest BCUT2D eigenvalue weighted by Crippen LogP contribution is -2.30. The van der Waals surface area contributed by atoms with Gasteiger partial charge in [0.25, 0.3) is 10.0 Å². The number of piperidine rings is 1. The molecule has 29 heavy (non-hydrogen) atoms. The molecule has 1 N–H and O–H groups in total. The summed E-state index contributed by atoms with van der Waals surface area (Å²) in [4.78, 5) is 2.01. The van der Waals surface area contributed by atoms with Crippen molar-refractivity contribution in [3.05, 3.63) is 36.4 Å². The highest BCUT2D eigenvalue weighted by atomic mass is 32.2. The lowest BCUT2D eigenvalue weighted by molar-refractivity contribution is 0.469. The molecule has 0 radical (unpaired) electrons. The molecule has 0 spiro atoms. The molecule has 2 aliphatic rings. The summed E-state index contributed by atoms with van der Waals surface area (Å²) in [5.74, 6) is 0.324. The van der Waals surface area contributed by atoms with E-state index in [4.69, 9.17) is 4.74 Å². The predicted molar refractivity (Wildman–Crippen MR) is 111 cm³/mol. The van der Waals surface area contributed by atoms with Crippen molar-refractivity contribution >= 4 is 31.4 Å². The van der Waals surface area contributed by atoms with Crippen LogP contribution in [0.2, 0.25) is 0 Å². The third kappa shape index (κ3) is 3.56. The molecule has 0 aromatic heterocycles. The molecule has 0 bridgehead atoms. The molecule has 10 heteroatoms. The summed E-state index contributed by atoms with van der Waals surface area (Å²) in [6, 6.07) is 9.15. The topological polar surface area (TPSA) is 96.0 Å². The lowest BCUT2D eigenvalue weighted by Gasteiger charge is -2.30. The van der Waals surface area contributed by atoms with E-state index in [1.807, 2.05) is 12.1 Å². The number of hydrogen-bond acceptors (Lipinski definition) is 6. The molecule has 0 aliphatic carbocycles. The van der Waals surface area contributed by atoms with Crippen LogP contribution < -0.4 is 14.4 Å². The molecule has 2 aromatic rings. The van der Waals surface area contributed by atoms with Gasteiger partial charge in [-0.15, -0.1) is 0 Å². The van der Waals surface area contributed by atoms with Crippen LogP contribution in [0, 0.1) is 0 Å². The number of hydrogen-bond donors (Lipinski definition) is 1. The average molecular weight is 438 g/mol. The van der Waals surface area contributed by atoms with E-state index in [0.29, 0.717) is 11.4 Å². The molecule has 156 valence electrons. The van der Waals surface area contributed by atoms with Crippen molar-refractivity contribution in [2.24, 2.45) is 0 Å². The second-order valence-corrected chi connectivity index (χ2v) is 11.1. The molecule has 8 nitrogen and oxygen atoms in total. The highest BCUT2D eigenvalue weighted by Gasteiger charge is 2.31. The third-order valence-electron chi connectivity index (χ3n) is 5.14. The van der Waals surface area contributed by atoms with Crippen LogP contribution in [0.5, 0.6) is 11.5 Å². The SMILES string of the molecule is CN(C)S(=O)(=O)c1ccc2c(c1)Oc1cccc(N3CCCCC3)c1NS2(=O)=O. The number of sulfonamides is 2. The number of benzene rings is 2. The van der Waals surface area contributed by atoms with Crippen molar-refractivity contribution in [1.82, 2.24) is 4.31 Å². The zero-order chi connectivity index (χ0) is 20.8. The zero-order valence-electron chi connectivity index (χ0n) is 16.3. The molecular weight excluding hydrogens is 414 g/mol. The zero-order valence-corrected chi connectivity index (χ0v) is 17.9. The summed E-state index contributed by atoms with van der Waals surface area (Å²) in [5.41, 5.74) is 1.14. The normalized spacial score (nSPS) is 18.2. The van der Waals surface area contributed by atoms with E-state index < -0.39 is 20.0 Å². The molecule has 2 aromatic carbocycles. The number of rotatable bonds is 3. The van der Waals surface area contributed by atoms with Gasteiger partial charge in [-0.3, -0.25) is 4.72 Å². The minimum absolute atomic E-state index is 0.0185. The van der Waals surface area contributed by atoms with Crippen molar-refractivity contribution in [1.29, 1.82) is 0 Å². The van der Waals surface area contributed by atoms with Crippen molar-refractivity contribution in [3.63, 3.8) is 0 Å². The van der Waals surface area contributed by atoms with Gasteiger partial charge in [0.2, 0.25) is 10.0 Å². The molecule has 1 saturated heterocycles. The number of anilines is 2. The Morgan fingerprint density at radius 1 is 1.03 bits per heavy atom. The van der Waals surface area contributed by atoms with Gasteiger partial charge in [-0.1, -0.05) is 6.07 Å². The summed E-state index contributed by atoms with van der Waals surface area (Å²) in [5, 5.41) is 0. The Balaban J connectivity index is 1.84. The Morgan fingerprint density at radius 2 is 1.76 bits per heavy atom. The average Bonchev–Trinajstić information content (AvgIpc) is 2.80. The quantitative estimate of drug-likeness (QED) is 0.793. The molecule has 0 amide bonds. The first-order valence-corrected chi connectivity index (χ1v) is 12.3. The Bertz CT molecular complexity index is 1150. The smallest absolute Gasteiger partial charge is 0.265 e. The monoisotopic (exact) mass is 437 g/mol. The van der Waals surface area contributed by atoms with Crippen molar-refractivity contribution in [2.75, 3.05) is 36.8 Å². The van der Waals surface area contributed by atoms with Gasteiger partial charge in [-0.25, -0.2) is 21.1 Å². The lowest BCUT2D eigenvalue weighted by atomic mass is 10.1. The van der Waals surface area contributed by atoms with E-state index in [1.165, 1.54) is 32.3 Å². The van der Waals surface area contributed by atoms with Gasteiger partial charge >= 0.3 is 0 Å². The first kappa shape index (κ1) is 20.0. The number of nitrogens with one attached hydrogen (secondary N) is 1. The van der Waals surface area contributed by atoms with Crippen LogP contribution in [0.4, 0.5) is 11.4 Å². The highest BCUT2D eigenvalue weighted by Crippen LogP contribution is 2.44. The number of nitrogens with zero attached hydrogens (tertiary/aromatic N) is 2. The fourth-order valence-electron chi connectivity index (χ4n) is 3.57. The van der Waals surface area contributed by atoms with E-state index in [1.54, 1.807) is 6.07 Å². The molecule has 2 heterocycles. The van der Waals surface area contributed by atoms with E-state index in [9.17, 15) is 16.8 Å². The first-order valence-electron chi connectivity index (χ1n) is 9.35. The van der Waals surface area contributed by atoms with Crippen LogP contribution in [0.3, 0.4) is 0 Å². The van der Waals surface area contributed by atoms with E-state index >= 15 is 0 Å². The Labute approximate surface area is 171 Å². The van der Waals surface area contributed by atoms with Crippen LogP contribution in [-0.4, -0.2) is 48.3 Å². The fourth-order valence-corrected chi connectivity index (χ4v) is 5.69. The van der Waals surface area contributed by atoms with Gasteiger partial charge in [-0.05, 0) is 43.5 Å². The van der Waals surface area contributed by atoms with Gasteiger partial charge in [0.15, 0.2) is 5.75 Å². The van der Waals surface area contributed by atoms with Crippen LogP contribution in [0.15, 0.2) is 46.2 Å². The van der Waals surface area contributed by atoms with Gasteiger partial charge in [-0.2, -0.15) is 0 Å². The number of ether oxygens (including phenoxy) is 1. The molecule has 0 saturated carbocycles. The maximum Gasteiger partial charge on any atom is 0.265 e. The molecule has 4 rings (SSSR count). The van der Waals surface area contributed by atoms with Crippen LogP contribution in [0.1, 0.15) is 19.3 Å². The Kier molecular flexibility index (Phi) is 4.96. The minimum Gasteiger partial charge on any atom is -0.454 e. The third-order valence-corrected chi connectivity index (χ3v) is 8.34. The van der Waals surface area contributed by atoms with Crippen molar-refractivity contribution < 1.29 is 21.6 Å². The second kappa shape index (κ2) is 7.19. The van der Waals surface area contributed by atoms with Crippen molar-refractivity contribution in [3.8, 4) is 11.5 Å². The summed E-state index contributed by atoms with van der Waals surface area (Å²) < 4.78 is 60.6. The maximum absolute atomic E-state index is 13.0. The molecular formula is C19H23N3O5S2. The first-order chi connectivity index (χ1) is 13.7.